The first kappa shape index (κ1) is 9.81. The molecule has 1 heterocycles. The third kappa shape index (κ3) is 2.20. The van der Waals surface area contributed by atoms with Gasteiger partial charge in [-0.15, -0.1) is 0 Å². The van der Waals surface area contributed by atoms with Gasteiger partial charge in [0.25, 0.3) is 0 Å². The van der Waals surface area contributed by atoms with Crippen LogP contribution in [0.15, 0.2) is 24.3 Å². The van der Waals surface area contributed by atoms with Gasteiger partial charge in [0.05, 0.1) is 0 Å². The predicted octanol–water partition coefficient (Wildman–Crippen LogP) is 2.27. The van der Waals surface area contributed by atoms with Crippen molar-refractivity contribution >= 4 is 17.3 Å². The van der Waals surface area contributed by atoms with Crippen LogP contribution in [-0.2, 0) is 0 Å². The molecule has 2 N–H and O–H groups in total. The van der Waals surface area contributed by atoms with Crippen LogP contribution in [0.5, 0.6) is 0 Å². The van der Waals surface area contributed by atoms with Crippen molar-refractivity contribution in [3.8, 4) is 0 Å². The van der Waals surface area contributed by atoms with Crippen LogP contribution in [0.3, 0.4) is 0 Å². The lowest BCUT2D eigenvalue weighted by Crippen LogP contribution is -2.42. The van der Waals surface area contributed by atoms with Crippen LogP contribution in [0.25, 0.3) is 0 Å². The van der Waals surface area contributed by atoms with Gasteiger partial charge >= 0.3 is 0 Å². The maximum Gasteiger partial charge on any atom is 0.0426 e. The largest absolute Gasteiger partial charge is 0.370 e. The van der Waals surface area contributed by atoms with Crippen molar-refractivity contribution in [2.24, 2.45) is 5.73 Å². The SMILES string of the molecule is N[C@@H]1CCCN(c2cccc(Cl)c2)C1. The average Bonchev–Trinajstić information content (AvgIpc) is 2.18. The Bertz CT molecular complexity index is 314. The average molecular weight is 211 g/mol. The fourth-order valence-electron chi connectivity index (χ4n) is 1.92. The van der Waals surface area contributed by atoms with E-state index in [4.69, 9.17) is 17.3 Å². The Labute approximate surface area is 89.7 Å². The van der Waals surface area contributed by atoms with Gasteiger partial charge in [0.1, 0.15) is 0 Å². The fourth-order valence-corrected chi connectivity index (χ4v) is 2.10. The van der Waals surface area contributed by atoms with E-state index in [0.717, 1.165) is 24.5 Å². The van der Waals surface area contributed by atoms with Crippen LogP contribution in [-0.4, -0.2) is 19.1 Å². The van der Waals surface area contributed by atoms with E-state index in [9.17, 15) is 0 Å². The molecule has 0 unspecified atom stereocenters. The highest BCUT2D eigenvalue weighted by atomic mass is 35.5. The second-order valence-electron chi connectivity index (χ2n) is 3.83. The minimum atomic E-state index is 0.308. The Morgan fingerprint density at radius 1 is 1.43 bits per heavy atom. The molecule has 2 rings (SSSR count). The summed E-state index contributed by atoms with van der Waals surface area (Å²) in [5.74, 6) is 0. The molecular formula is C11H15ClN2. The molecule has 0 amide bonds. The molecular weight excluding hydrogens is 196 g/mol. The number of hydrogen-bond acceptors (Lipinski definition) is 2. The number of benzene rings is 1. The lowest BCUT2D eigenvalue weighted by molar-refractivity contribution is 0.506. The number of nitrogens with two attached hydrogens (primary N) is 1. The molecule has 2 nitrogen and oxygen atoms in total. The zero-order valence-corrected chi connectivity index (χ0v) is 8.87. The Kier molecular flexibility index (Phi) is 2.94. The van der Waals surface area contributed by atoms with Gasteiger partial charge in [0, 0.05) is 29.8 Å². The summed E-state index contributed by atoms with van der Waals surface area (Å²) in [6.07, 6.45) is 2.31. The molecule has 1 saturated heterocycles. The number of rotatable bonds is 1. The van der Waals surface area contributed by atoms with E-state index in [1.165, 1.54) is 12.1 Å². The zero-order valence-electron chi connectivity index (χ0n) is 8.12. The van der Waals surface area contributed by atoms with Crippen molar-refractivity contribution in [3.63, 3.8) is 0 Å². The Hall–Kier alpha value is -0.730. The van der Waals surface area contributed by atoms with E-state index in [-0.39, 0.29) is 0 Å². The summed E-state index contributed by atoms with van der Waals surface area (Å²) in [5.41, 5.74) is 7.11. The summed E-state index contributed by atoms with van der Waals surface area (Å²) in [5, 5.41) is 0.793. The van der Waals surface area contributed by atoms with E-state index < -0.39 is 0 Å². The number of hydrogen-bond donors (Lipinski definition) is 1. The van der Waals surface area contributed by atoms with Crippen molar-refractivity contribution in [1.82, 2.24) is 0 Å². The normalized spacial score (nSPS) is 22.4. The van der Waals surface area contributed by atoms with Crippen molar-refractivity contribution in [2.45, 2.75) is 18.9 Å². The first-order chi connectivity index (χ1) is 6.75. The van der Waals surface area contributed by atoms with Crippen molar-refractivity contribution in [1.29, 1.82) is 0 Å². The fraction of sp³-hybridized carbons (Fsp3) is 0.455. The number of piperidine rings is 1. The van der Waals surface area contributed by atoms with Crippen LogP contribution in [0.2, 0.25) is 5.02 Å². The second kappa shape index (κ2) is 4.20. The number of halogens is 1. The standard InChI is InChI=1S/C11H15ClN2/c12-9-3-1-5-11(7-9)14-6-2-4-10(13)8-14/h1,3,5,7,10H,2,4,6,8,13H2/t10-/m1/s1. The monoisotopic (exact) mass is 210 g/mol. The second-order valence-corrected chi connectivity index (χ2v) is 4.26. The summed E-state index contributed by atoms with van der Waals surface area (Å²) in [4.78, 5) is 2.31. The summed E-state index contributed by atoms with van der Waals surface area (Å²) in [7, 11) is 0. The Morgan fingerprint density at radius 2 is 2.29 bits per heavy atom. The van der Waals surface area contributed by atoms with Gasteiger partial charge in [-0.2, -0.15) is 0 Å². The van der Waals surface area contributed by atoms with E-state index in [2.05, 4.69) is 11.0 Å². The molecule has 1 atom stereocenters. The number of nitrogens with zero attached hydrogens (tertiary/aromatic N) is 1. The molecule has 0 aromatic heterocycles. The molecule has 76 valence electrons. The van der Waals surface area contributed by atoms with Crippen molar-refractivity contribution in [2.75, 3.05) is 18.0 Å². The molecule has 14 heavy (non-hydrogen) atoms. The third-order valence-electron chi connectivity index (χ3n) is 2.63. The van der Waals surface area contributed by atoms with E-state index >= 15 is 0 Å². The van der Waals surface area contributed by atoms with Crippen LogP contribution < -0.4 is 10.6 Å². The lowest BCUT2D eigenvalue weighted by Gasteiger charge is -2.32. The van der Waals surface area contributed by atoms with E-state index in [1.54, 1.807) is 0 Å². The predicted molar refractivity (Wildman–Crippen MR) is 60.9 cm³/mol. The topological polar surface area (TPSA) is 29.3 Å². The molecule has 0 aliphatic carbocycles. The van der Waals surface area contributed by atoms with Gasteiger partial charge in [-0.1, -0.05) is 17.7 Å². The highest BCUT2D eigenvalue weighted by Crippen LogP contribution is 2.22. The highest BCUT2D eigenvalue weighted by molar-refractivity contribution is 6.30. The first-order valence-corrected chi connectivity index (χ1v) is 5.39. The molecule has 1 fully saturated rings. The molecule has 1 aliphatic heterocycles. The van der Waals surface area contributed by atoms with Crippen LogP contribution >= 0.6 is 11.6 Å². The third-order valence-corrected chi connectivity index (χ3v) is 2.87. The molecule has 0 saturated carbocycles. The lowest BCUT2D eigenvalue weighted by atomic mass is 10.1. The Morgan fingerprint density at radius 3 is 3.00 bits per heavy atom. The smallest absolute Gasteiger partial charge is 0.0426 e. The molecule has 1 aliphatic rings. The van der Waals surface area contributed by atoms with Gasteiger partial charge in [0.2, 0.25) is 0 Å². The molecule has 0 spiro atoms. The molecule has 1 aromatic carbocycles. The summed E-state index contributed by atoms with van der Waals surface area (Å²) in [6, 6.07) is 8.28. The zero-order chi connectivity index (χ0) is 9.97. The minimum absolute atomic E-state index is 0.308. The van der Waals surface area contributed by atoms with E-state index in [1.807, 2.05) is 18.2 Å². The molecule has 1 aromatic rings. The van der Waals surface area contributed by atoms with Gasteiger partial charge in [-0.3, -0.25) is 0 Å². The summed E-state index contributed by atoms with van der Waals surface area (Å²) < 4.78 is 0. The van der Waals surface area contributed by atoms with Crippen LogP contribution in [0.4, 0.5) is 5.69 Å². The van der Waals surface area contributed by atoms with Crippen LogP contribution in [0, 0.1) is 0 Å². The molecule has 0 radical (unpaired) electrons. The van der Waals surface area contributed by atoms with Crippen molar-refractivity contribution < 1.29 is 0 Å². The maximum atomic E-state index is 5.94. The molecule has 3 heteroatoms. The highest BCUT2D eigenvalue weighted by Gasteiger charge is 2.16. The van der Waals surface area contributed by atoms with Crippen molar-refractivity contribution in [3.05, 3.63) is 29.3 Å². The van der Waals surface area contributed by atoms with Gasteiger partial charge in [-0.25, -0.2) is 0 Å². The molecule has 0 bridgehead atoms. The first-order valence-electron chi connectivity index (χ1n) is 5.02. The Balaban J connectivity index is 2.14. The quantitative estimate of drug-likeness (QED) is 0.771. The van der Waals surface area contributed by atoms with E-state index in [0.29, 0.717) is 6.04 Å². The number of anilines is 1. The summed E-state index contributed by atoms with van der Waals surface area (Å²) in [6.45, 7) is 2.04. The van der Waals surface area contributed by atoms with Gasteiger partial charge in [-0.05, 0) is 31.0 Å². The summed E-state index contributed by atoms with van der Waals surface area (Å²) >= 11 is 5.94. The maximum absolute atomic E-state index is 5.94. The minimum Gasteiger partial charge on any atom is -0.370 e. The van der Waals surface area contributed by atoms with Gasteiger partial charge in [0.15, 0.2) is 0 Å². The van der Waals surface area contributed by atoms with Crippen LogP contribution in [0.1, 0.15) is 12.8 Å². The van der Waals surface area contributed by atoms with Gasteiger partial charge < -0.3 is 10.6 Å².